The van der Waals surface area contributed by atoms with Crippen LogP contribution < -0.4 is 10.2 Å². The van der Waals surface area contributed by atoms with E-state index in [0.29, 0.717) is 17.9 Å². The maximum Gasteiger partial charge on any atom is 0.226 e. The second-order valence-corrected chi connectivity index (χ2v) is 7.15. The Morgan fingerprint density at radius 2 is 2.14 bits per heavy atom. The molecule has 0 radical (unpaired) electrons. The normalized spacial score (nSPS) is 26.3. The fourth-order valence-electron chi connectivity index (χ4n) is 3.29. The maximum atomic E-state index is 4.82. The first-order chi connectivity index (χ1) is 10.1. The molecule has 21 heavy (non-hydrogen) atoms. The monoisotopic (exact) mass is 304 g/mol. The number of rotatable bonds is 3. The molecule has 0 bridgehead atoms. The van der Waals surface area contributed by atoms with E-state index in [-0.39, 0.29) is 0 Å². The lowest BCUT2D eigenvalue weighted by atomic mass is 9.86. The summed E-state index contributed by atoms with van der Waals surface area (Å²) < 4.78 is 0. The van der Waals surface area contributed by atoms with Crippen molar-refractivity contribution in [2.24, 2.45) is 11.8 Å². The Bertz CT molecular complexity index is 624. The molecular formula is C16H24N4S. The molecule has 1 N–H and O–H groups in total. The fourth-order valence-corrected chi connectivity index (χ4v) is 4.05. The van der Waals surface area contributed by atoms with Gasteiger partial charge in [-0.25, -0.2) is 4.98 Å². The van der Waals surface area contributed by atoms with Crippen LogP contribution in [0.5, 0.6) is 0 Å². The molecule has 1 aliphatic rings. The second kappa shape index (κ2) is 5.79. The summed E-state index contributed by atoms with van der Waals surface area (Å²) in [6.45, 7) is 11.0. The Morgan fingerprint density at radius 3 is 2.90 bits per heavy atom. The topological polar surface area (TPSA) is 41.1 Å². The molecule has 114 valence electrons. The predicted molar refractivity (Wildman–Crippen MR) is 91.3 cm³/mol. The van der Waals surface area contributed by atoms with Crippen LogP contribution in [0, 0.1) is 11.8 Å². The highest BCUT2D eigenvalue weighted by Crippen LogP contribution is 2.35. The van der Waals surface area contributed by atoms with Crippen LogP contribution in [0.15, 0.2) is 11.4 Å². The molecule has 0 aliphatic carbocycles. The summed E-state index contributed by atoms with van der Waals surface area (Å²) in [6.07, 6.45) is 1.30. The van der Waals surface area contributed by atoms with E-state index in [1.807, 2.05) is 0 Å². The van der Waals surface area contributed by atoms with Gasteiger partial charge in [-0.05, 0) is 43.6 Å². The number of nitrogens with one attached hydrogen (secondary N) is 1. The van der Waals surface area contributed by atoms with Gasteiger partial charge in [0.2, 0.25) is 5.95 Å². The zero-order valence-electron chi connectivity index (χ0n) is 13.3. The second-order valence-electron chi connectivity index (χ2n) is 6.25. The van der Waals surface area contributed by atoms with Crippen molar-refractivity contribution >= 4 is 33.3 Å². The molecule has 2 aromatic heterocycles. The Labute approximate surface area is 130 Å². The molecule has 3 unspecified atom stereocenters. The first kappa shape index (κ1) is 14.6. The van der Waals surface area contributed by atoms with Crippen molar-refractivity contribution in [1.82, 2.24) is 9.97 Å². The molecule has 1 aliphatic heterocycles. The van der Waals surface area contributed by atoms with Gasteiger partial charge in [-0.2, -0.15) is 4.98 Å². The number of piperidine rings is 1. The standard InChI is InChI=1S/C16H24N4S/c1-5-17-16-18-14(13-6-7-21-15(13)19-16)20-9-10(2)8-11(3)12(20)4/h6-7,10-12H,5,8-9H2,1-4H3,(H,17,18,19). The third kappa shape index (κ3) is 2.71. The van der Waals surface area contributed by atoms with Crippen LogP contribution in [0.1, 0.15) is 34.1 Å². The highest BCUT2D eigenvalue weighted by molar-refractivity contribution is 7.16. The molecule has 4 nitrogen and oxygen atoms in total. The van der Waals surface area contributed by atoms with Crippen LogP contribution >= 0.6 is 11.3 Å². The summed E-state index contributed by atoms with van der Waals surface area (Å²) in [4.78, 5) is 13.0. The van der Waals surface area contributed by atoms with Gasteiger partial charge in [0, 0.05) is 19.1 Å². The van der Waals surface area contributed by atoms with E-state index in [0.717, 1.165) is 29.7 Å². The van der Waals surface area contributed by atoms with Crippen LogP contribution in [0.2, 0.25) is 0 Å². The van der Waals surface area contributed by atoms with E-state index in [9.17, 15) is 0 Å². The van der Waals surface area contributed by atoms with Gasteiger partial charge in [-0.1, -0.05) is 13.8 Å². The Balaban J connectivity index is 2.07. The SMILES string of the molecule is CCNc1nc(N2CC(C)CC(C)C2C)c2ccsc2n1. The van der Waals surface area contributed by atoms with E-state index in [1.54, 1.807) is 11.3 Å². The van der Waals surface area contributed by atoms with Gasteiger partial charge in [-0.15, -0.1) is 11.3 Å². The number of hydrogen-bond donors (Lipinski definition) is 1. The molecule has 0 saturated carbocycles. The minimum absolute atomic E-state index is 0.522. The number of fused-ring (bicyclic) bond motifs is 1. The number of anilines is 2. The summed E-state index contributed by atoms with van der Waals surface area (Å²) in [5, 5.41) is 6.56. The smallest absolute Gasteiger partial charge is 0.226 e. The van der Waals surface area contributed by atoms with Gasteiger partial charge < -0.3 is 10.2 Å². The first-order valence-corrected chi connectivity index (χ1v) is 8.73. The van der Waals surface area contributed by atoms with Gasteiger partial charge in [-0.3, -0.25) is 0 Å². The zero-order valence-corrected chi connectivity index (χ0v) is 14.1. The third-order valence-corrected chi connectivity index (χ3v) is 5.32. The average Bonchev–Trinajstić information content (AvgIpc) is 2.90. The third-order valence-electron chi connectivity index (χ3n) is 4.51. The molecule has 2 aromatic rings. The average molecular weight is 304 g/mol. The Kier molecular flexibility index (Phi) is 4.02. The number of aromatic nitrogens is 2. The van der Waals surface area contributed by atoms with Gasteiger partial charge in [0.05, 0.1) is 5.39 Å². The minimum Gasteiger partial charge on any atom is -0.354 e. The molecule has 1 saturated heterocycles. The van der Waals surface area contributed by atoms with Crippen molar-refractivity contribution in [2.75, 3.05) is 23.3 Å². The van der Waals surface area contributed by atoms with Gasteiger partial charge in [0.15, 0.2) is 0 Å². The molecule has 1 fully saturated rings. The number of hydrogen-bond acceptors (Lipinski definition) is 5. The van der Waals surface area contributed by atoms with Crippen molar-refractivity contribution in [3.05, 3.63) is 11.4 Å². The molecule has 0 amide bonds. The van der Waals surface area contributed by atoms with E-state index >= 15 is 0 Å². The van der Waals surface area contributed by atoms with Crippen molar-refractivity contribution in [1.29, 1.82) is 0 Å². The predicted octanol–water partition coefficient (Wildman–Crippen LogP) is 3.99. The summed E-state index contributed by atoms with van der Waals surface area (Å²) in [7, 11) is 0. The van der Waals surface area contributed by atoms with E-state index < -0.39 is 0 Å². The van der Waals surface area contributed by atoms with Crippen molar-refractivity contribution < 1.29 is 0 Å². The van der Waals surface area contributed by atoms with Crippen LogP contribution in [0.4, 0.5) is 11.8 Å². The first-order valence-electron chi connectivity index (χ1n) is 7.86. The summed E-state index contributed by atoms with van der Waals surface area (Å²) in [6, 6.07) is 2.68. The van der Waals surface area contributed by atoms with Gasteiger partial charge in [0.1, 0.15) is 10.6 Å². The number of thiophene rings is 1. The van der Waals surface area contributed by atoms with Crippen molar-refractivity contribution in [3.63, 3.8) is 0 Å². The van der Waals surface area contributed by atoms with E-state index in [2.05, 4.69) is 54.3 Å². The lowest BCUT2D eigenvalue weighted by Gasteiger charge is -2.42. The van der Waals surface area contributed by atoms with Crippen LogP contribution in [0.25, 0.3) is 10.2 Å². The van der Waals surface area contributed by atoms with E-state index in [1.165, 1.54) is 11.8 Å². The van der Waals surface area contributed by atoms with Crippen LogP contribution in [-0.2, 0) is 0 Å². The Hall–Kier alpha value is -1.36. The van der Waals surface area contributed by atoms with Gasteiger partial charge in [0.25, 0.3) is 0 Å². The molecule has 3 heterocycles. The van der Waals surface area contributed by atoms with Crippen LogP contribution in [-0.4, -0.2) is 29.1 Å². The Morgan fingerprint density at radius 1 is 1.33 bits per heavy atom. The minimum atomic E-state index is 0.522. The lowest BCUT2D eigenvalue weighted by Crippen LogP contribution is -2.46. The molecule has 0 aromatic carbocycles. The summed E-state index contributed by atoms with van der Waals surface area (Å²) in [5.74, 6) is 3.26. The highest BCUT2D eigenvalue weighted by Gasteiger charge is 2.31. The largest absolute Gasteiger partial charge is 0.354 e. The van der Waals surface area contributed by atoms with Gasteiger partial charge >= 0.3 is 0 Å². The quantitative estimate of drug-likeness (QED) is 0.930. The maximum absolute atomic E-state index is 4.82. The number of nitrogens with zero attached hydrogens (tertiary/aromatic N) is 3. The van der Waals surface area contributed by atoms with Crippen molar-refractivity contribution in [2.45, 2.75) is 40.2 Å². The molecule has 5 heteroatoms. The fraction of sp³-hybridized carbons (Fsp3) is 0.625. The molecular weight excluding hydrogens is 280 g/mol. The summed E-state index contributed by atoms with van der Waals surface area (Å²) in [5.41, 5.74) is 0. The van der Waals surface area contributed by atoms with Crippen LogP contribution in [0.3, 0.4) is 0 Å². The molecule has 0 spiro atoms. The molecule has 3 atom stereocenters. The lowest BCUT2D eigenvalue weighted by molar-refractivity contribution is 0.296. The zero-order chi connectivity index (χ0) is 15.0. The summed E-state index contributed by atoms with van der Waals surface area (Å²) >= 11 is 1.69. The van der Waals surface area contributed by atoms with Crippen molar-refractivity contribution in [3.8, 4) is 0 Å². The molecule has 3 rings (SSSR count). The van der Waals surface area contributed by atoms with E-state index in [4.69, 9.17) is 4.98 Å². The highest BCUT2D eigenvalue weighted by atomic mass is 32.1.